The largest absolute Gasteiger partial charge is 0.369 e. The average Bonchev–Trinajstić information content (AvgIpc) is 3.44. The molecule has 0 amide bonds. The Hall–Kier alpha value is -2.25. The normalized spacial score (nSPS) is 16.8. The molecule has 4 rings (SSSR count). The fourth-order valence-corrected chi connectivity index (χ4v) is 5.00. The molecule has 1 atom stereocenters. The zero-order valence-electron chi connectivity index (χ0n) is 18.7. The van der Waals surface area contributed by atoms with Crippen LogP contribution in [0, 0.1) is 13.8 Å². The number of nitrogens with zero attached hydrogens (tertiary/aromatic N) is 6. The molecule has 0 unspecified atom stereocenters. The summed E-state index contributed by atoms with van der Waals surface area (Å²) in [7, 11) is 0. The second-order valence-corrected chi connectivity index (χ2v) is 9.83. The van der Waals surface area contributed by atoms with Gasteiger partial charge in [0.15, 0.2) is 5.82 Å². The summed E-state index contributed by atoms with van der Waals surface area (Å²) in [5.74, 6) is 0.949. The molecule has 0 spiro atoms. The molecule has 0 radical (unpaired) electrons. The van der Waals surface area contributed by atoms with Crippen LogP contribution in [0.2, 0.25) is 0 Å². The van der Waals surface area contributed by atoms with Gasteiger partial charge in [0.25, 0.3) is 0 Å². The topological polar surface area (TPSA) is 50.1 Å². The molecule has 6 nitrogen and oxygen atoms in total. The van der Waals surface area contributed by atoms with Gasteiger partial charge in [-0.25, -0.2) is 4.68 Å². The lowest BCUT2D eigenvalue weighted by Gasteiger charge is -2.40. The summed E-state index contributed by atoms with van der Waals surface area (Å²) in [6.45, 7) is 14.9. The molecule has 0 N–H and O–H groups in total. The highest BCUT2D eigenvalue weighted by Gasteiger charge is 2.34. The van der Waals surface area contributed by atoms with Crippen LogP contribution in [0.25, 0.3) is 0 Å². The van der Waals surface area contributed by atoms with Crippen molar-refractivity contribution in [2.75, 3.05) is 31.1 Å². The van der Waals surface area contributed by atoms with Gasteiger partial charge in [0.1, 0.15) is 6.04 Å². The van der Waals surface area contributed by atoms with E-state index in [-0.39, 0.29) is 11.6 Å². The zero-order chi connectivity index (χ0) is 21.3. The molecule has 0 saturated carbocycles. The molecule has 1 saturated heterocycles. The van der Waals surface area contributed by atoms with E-state index in [4.69, 9.17) is 0 Å². The van der Waals surface area contributed by atoms with Gasteiger partial charge in [-0.2, -0.15) is 0 Å². The first-order valence-corrected chi connectivity index (χ1v) is 11.7. The van der Waals surface area contributed by atoms with Crippen LogP contribution in [0.1, 0.15) is 55.1 Å². The first-order valence-electron chi connectivity index (χ1n) is 10.8. The van der Waals surface area contributed by atoms with Crippen LogP contribution in [0.5, 0.6) is 0 Å². The van der Waals surface area contributed by atoms with Gasteiger partial charge in [-0.15, -0.1) is 16.4 Å². The van der Waals surface area contributed by atoms with E-state index in [1.807, 2.05) is 4.68 Å². The molecule has 7 heteroatoms. The molecule has 1 aliphatic heterocycles. The van der Waals surface area contributed by atoms with Crippen molar-refractivity contribution in [2.24, 2.45) is 0 Å². The van der Waals surface area contributed by atoms with E-state index in [2.05, 4.69) is 95.7 Å². The van der Waals surface area contributed by atoms with Crippen molar-refractivity contribution in [1.82, 2.24) is 25.1 Å². The number of aromatic nitrogens is 4. The van der Waals surface area contributed by atoms with Gasteiger partial charge in [0, 0.05) is 36.7 Å². The molecule has 30 heavy (non-hydrogen) atoms. The van der Waals surface area contributed by atoms with E-state index >= 15 is 0 Å². The maximum atomic E-state index is 4.52. The van der Waals surface area contributed by atoms with Gasteiger partial charge in [-0.1, -0.05) is 25.1 Å². The van der Waals surface area contributed by atoms with Crippen LogP contribution in [0.3, 0.4) is 0 Å². The van der Waals surface area contributed by atoms with E-state index in [1.165, 1.54) is 21.7 Å². The number of benzene rings is 1. The van der Waals surface area contributed by atoms with E-state index in [9.17, 15) is 0 Å². The monoisotopic (exact) mass is 424 g/mol. The van der Waals surface area contributed by atoms with Crippen molar-refractivity contribution >= 4 is 17.0 Å². The van der Waals surface area contributed by atoms with Gasteiger partial charge in [-0.3, -0.25) is 4.90 Å². The first kappa shape index (κ1) is 21.0. The van der Waals surface area contributed by atoms with Crippen LogP contribution in [0.4, 0.5) is 5.69 Å². The van der Waals surface area contributed by atoms with E-state index in [0.717, 1.165) is 38.4 Å². The lowest BCUT2D eigenvalue weighted by atomic mass is 10.0. The predicted octanol–water partition coefficient (Wildman–Crippen LogP) is 4.41. The van der Waals surface area contributed by atoms with Crippen molar-refractivity contribution in [1.29, 1.82) is 0 Å². The Morgan fingerprint density at radius 1 is 1.10 bits per heavy atom. The number of aryl methyl sites for hydroxylation is 2. The van der Waals surface area contributed by atoms with Gasteiger partial charge >= 0.3 is 0 Å². The van der Waals surface area contributed by atoms with Crippen LogP contribution in [-0.2, 0) is 5.54 Å². The fraction of sp³-hybridized carbons (Fsp3) is 0.522. The quantitative estimate of drug-likeness (QED) is 0.587. The van der Waals surface area contributed by atoms with E-state index < -0.39 is 0 Å². The molecule has 0 bridgehead atoms. The number of anilines is 1. The maximum Gasteiger partial charge on any atom is 0.174 e. The summed E-state index contributed by atoms with van der Waals surface area (Å²) < 4.78 is 2.04. The predicted molar refractivity (Wildman–Crippen MR) is 123 cm³/mol. The zero-order valence-corrected chi connectivity index (χ0v) is 19.5. The van der Waals surface area contributed by atoms with Crippen molar-refractivity contribution in [2.45, 2.75) is 52.6 Å². The SMILES string of the molecule is CCC(C)(C)n1nnnc1[C@H](c1cccs1)N1CCN(c2cc(C)ccc2C)CC1. The Balaban J connectivity index is 1.61. The van der Waals surface area contributed by atoms with E-state index in [0.29, 0.717) is 0 Å². The van der Waals surface area contributed by atoms with Gasteiger partial charge in [0.05, 0.1) is 5.54 Å². The number of hydrogen-bond donors (Lipinski definition) is 0. The first-order chi connectivity index (χ1) is 14.4. The highest BCUT2D eigenvalue weighted by Crippen LogP contribution is 2.34. The molecule has 1 fully saturated rings. The number of hydrogen-bond acceptors (Lipinski definition) is 6. The molecule has 3 heterocycles. The lowest BCUT2D eigenvalue weighted by molar-refractivity contribution is 0.189. The Labute approximate surface area is 183 Å². The summed E-state index contributed by atoms with van der Waals surface area (Å²) in [5.41, 5.74) is 3.90. The summed E-state index contributed by atoms with van der Waals surface area (Å²) in [4.78, 5) is 6.36. The number of piperazine rings is 1. The molecule has 1 aromatic carbocycles. The Morgan fingerprint density at radius 2 is 1.87 bits per heavy atom. The third-order valence-electron chi connectivity index (χ3n) is 6.37. The summed E-state index contributed by atoms with van der Waals surface area (Å²) >= 11 is 1.79. The van der Waals surface area contributed by atoms with Gasteiger partial charge < -0.3 is 4.90 Å². The lowest BCUT2D eigenvalue weighted by Crippen LogP contribution is -2.49. The Kier molecular flexibility index (Phi) is 5.93. The second-order valence-electron chi connectivity index (χ2n) is 8.85. The van der Waals surface area contributed by atoms with Gasteiger partial charge in [-0.05, 0) is 73.2 Å². The van der Waals surface area contributed by atoms with Crippen molar-refractivity contribution < 1.29 is 0 Å². The minimum Gasteiger partial charge on any atom is -0.369 e. The average molecular weight is 425 g/mol. The summed E-state index contributed by atoms with van der Waals surface area (Å²) in [6, 6.07) is 11.2. The third-order valence-corrected chi connectivity index (χ3v) is 7.30. The minimum atomic E-state index is -0.116. The summed E-state index contributed by atoms with van der Waals surface area (Å²) in [6.07, 6.45) is 0.975. The number of thiophene rings is 1. The molecular formula is C23H32N6S. The third kappa shape index (κ3) is 4.01. The Morgan fingerprint density at radius 3 is 2.53 bits per heavy atom. The Bertz CT molecular complexity index is 970. The summed E-state index contributed by atoms with van der Waals surface area (Å²) in [5, 5.41) is 15.1. The molecule has 2 aromatic heterocycles. The van der Waals surface area contributed by atoms with Crippen LogP contribution in [0.15, 0.2) is 35.7 Å². The van der Waals surface area contributed by atoms with Gasteiger partial charge in [0.2, 0.25) is 0 Å². The fourth-order valence-electron chi connectivity index (χ4n) is 4.14. The van der Waals surface area contributed by atoms with Crippen molar-refractivity contribution in [3.8, 4) is 0 Å². The van der Waals surface area contributed by atoms with E-state index in [1.54, 1.807) is 11.3 Å². The highest BCUT2D eigenvalue weighted by atomic mass is 32.1. The minimum absolute atomic E-state index is 0.0894. The second kappa shape index (κ2) is 8.47. The van der Waals surface area contributed by atoms with Crippen molar-refractivity contribution in [3.05, 3.63) is 57.5 Å². The van der Waals surface area contributed by atoms with Crippen LogP contribution in [-0.4, -0.2) is 51.3 Å². The number of tetrazole rings is 1. The maximum absolute atomic E-state index is 4.52. The highest BCUT2D eigenvalue weighted by molar-refractivity contribution is 7.10. The van der Waals surface area contributed by atoms with Crippen LogP contribution < -0.4 is 4.90 Å². The molecule has 3 aromatic rings. The molecular weight excluding hydrogens is 392 g/mol. The smallest absolute Gasteiger partial charge is 0.174 e. The molecule has 0 aliphatic carbocycles. The standard InChI is InChI=1S/C23H32N6S/c1-6-23(4,5)29-22(24-25-26-29)21(20-8-7-15-30-20)28-13-11-27(12-14-28)19-16-17(2)9-10-18(19)3/h7-10,15-16,21H,6,11-14H2,1-5H3/t21-/m0/s1. The van der Waals surface area contributed by atoms with Crippen LogP contribution >= 0.6 is 11.3 Å². The molecule has 1 aliphatic rings. The number of rotatable bonds is 6. The van der Waals surface area contributed by atoms with Crippen molar-refractivity contribution in [3.63, 3.8) is 0 Å². The molecule has 160 valence electrons.